The molecular weight excluding hydrogens is 298 g/mol. The standard InChI is InChI=1S/C17H20ClN3O/c18-16-8-4-5-13(9-16)10-17(22,12-16)11-15(20-21-19)14-6-2-1-3-7-14/h1-3,6-7,10,15,22H,4-5,8-9,11-12H2/t15-,16-,17-/m1/s1. The minimum absolute atomic E-state index is 0.339. The molecule has 1 fully saturated rings. The number of azide groups is 1. The van der Waals surface area contributed by atoms with Crippen LogP contribution in [-0.4, -0.2) is 15.6 Å². The van der Waals surface area contributed by atoms with E-state index in [1.54, 1.807) is 0 Å². The average molecular weight is 318 g/mol. The fraction of sp³-hybridized carbons (Fsp3) is 0.529. The highest BCUT2D eigenvalue weighted by atomic mass is 35.5. The number of allylic oxidation sites excluding steroid dienone is 1. The molecule has 0 spiro atoms. The number of halogens is 1. The first-order chi connectivity index (χ1) is 10.5. The van der Waals surface area contributed by atoms with Gasteiger partial charge in [-0.05, 0) is 49.6 Å². The van der Waals surface area contributed by atoms with E-state index in [0.29, 0.717) is 12.8 Å². The van der Waals surface area contributed by atoms with Crippen LogP contribution in [0, 0.1) is 0 Å². The quantitative estimate of drug-likeness (QED) is 0.273. The van der Waals surface area contributed by atoms with E-state index in [1.807, 2.05) is 36.4 Å². The third-order valence-corrected chi connectivity index (χ3v) is 5.14. The summed E-state index contributed by atoms with van der Waals surface area (Å²) < 4.78 is 0. The Hall–Kier alpha value is -1.48. The molecular formula is C17H20ClN3O. The molecule has 2 aliphatic carbocycles. The number of fused-ring (bicyclic) bond motifs is 2. The van der Waals surface area contributed by atoms with E-state index in [1.165, 1.54) is 5.57 Å². The van der Waals surface area contributed by atoms with Gasteiger partial charge in [0, 0.05) is 4.91 Å². The lowest BCUT2D eigenvalue weighted by Gasteiger charge is -2.44. The summed E-state index contributed by atoms with van der Waals surface area (Å²) in [6.45, 7) is 0. The maximum atomic E-state index is 11.1. The lowest BCUT2D eigenvalue weighted by Crippen LogP contribution is -2.43. The second-order valence-corrected chi connectivity index (χ2v) is 7.40. The molecule has 3 rings (SSSR count). The minimum atomic E-state index is -0.996. The van der Waals surface area contributed by atoms with Crippen molar-refractivity contribution in [3.63, 3.8) is 0 Å². The molecule has 1 aromatic rings. The summed E-state index contributed by atoms with van der Waals surface area (Å²) in [5.74, 6) is 0. The first kappa shape index (κ1) is 15.4. The summed E-state index contributed by atoms with van der Waals surface area (Å²) in [6, 6.07) is 9.22. The molecule has 0 aromatic heterocycles. The normalized spacial score (nSPS) is 31.8. The number of aliphatic hydroxyl groups is 1. The van der Waals surface area contributed by atoms with E-state index in [2.05, 4.69) is 10.0 Å². The van der Waals surface area contributed by atoms with Crippen LogP contribution < -0.4 is 0 Å². The Kier molecular flexibility index (Phi) is 4.18. The largest absolute Gasteiger partial charge is 0.386 e. The predicted octanol–water partition coefficient (Wildman–Crippen LogP) is 5.04. The Morgan fingerprint density at radius 2 is 2.14 bits per heavy atom. The lowest BCUT2D eigenvalue weighted by molar-refractivity contribution is 0.0396. The van der Waals surface area contributed by atoms with E-state index in [-0.39, 0.29) is 10.9 Å². The smallest absolute Gasteiger partial charge is 0.0854 e. The zero-order chi connectivity index (χ0) is 15.6. The topological polar surface area (TPSA) is 69.0 Å². The predicted molar refractivity (Wildman–Crippen MR) is 87.6 cm³/mol. The lowest BCUT2D eigenvalue weighted by atomic mass is 9.70. The Bertz CT molecular complexity index is 626. The number of nitrogens with zero attached hydrogens (tertiary/aromatic N) is 3. The van der Waals surface area contributed by atoms with E-state index >= 15 is 0 Å². The maximum absolute atomic E-state index is 11.1. The monoisotopic (exact) mass is 317 g/mol. The third-order valence-electron chi connectivity index (χ3n) is 4.68. The molecule has 3 atom stereocenters. The highest BCUT2D eigenvalue weighted by molar-refractivity contribution is 6.24. The Morgan fingerprint density at radius 1 is 1.36 bits per heavy atom. The van der Waals surface area contributed by atoms with Crippen molar-refractivity contribution in [2.75, 3.05) is 0 Å². The van der Waals surface area contributed by atoms with Gasteiger partial charge in [-0.2, -0.15) is 0 Å². The molecule has 1 N–H and O–H groups in total. The molecule has 1 saturated carbocycles. The van der Waals surface area contributed by atoms with Crippen molar-refractivity contribution in [1.82, 2.24) is 0 Å². The van der Waals surface area contributed by atoms with Crippen molar-refractivity contribution in [3.8, 4) is 0 Å². The van der Waals surface area contributed by atoms with Gasteiger partial charge in [-0.1, -0.05) is 47.1 Å². The molecule has 2 aliphatic rings. The zero-order valence-electron chi connectivity index (χ0n) is 12.5. The van der Waals surface area contributed by atoms with Crippen LogP contribution in [0.15, 0.2) is 47.1 Å². The zero-order valence-corrected chi connectivity index (χ0v) is 13.2. The van der Waals surface area contributed by atoms with Crippen molar-refractivity contribution in [2.45, 2.75) is 55.0 Å². The van der Waals surface area contributed by atoms with Gasteiger partial charge in [-0.25, -0.2) is 0 Å². The summed E-state index contributed by atoms with van der Waals surface area (Å²) in [5, 5.41) is 15.0. The molecule has 116 valence electrons. The molecule has 0 amide bonds. The summed E-state index contributed by atoms with van der Waals surface area (Å²) in [5.41, 5.74) is 10.0. The minimum Gasteiger partial charge on any atom is -0.386 e. The number of rotatable bonds is 4. The van der Waals surface area contributed by atoms with Gasteiger partial charge in [0.15, 0.2) is 0 Å². The second-order valence-electron chi connectivity index (χ2n) is 6.60. The van der Waals surface area contributed by atoms with Gasteiger partial charge >= 0.3 is 0 Å². The summed E-state index contributed by atoms with van der Waals surface area (Å²) in [7, 11) is 0. The highest BCUT2D eigenvalue weighted by Gasteiger charge is 2.45. The van der Waals surface area contributed by atoms with E-state index in [4.69, 9.17) is 17.1 Å². The van der Waals surface area contributed by atoms with Crippen LogP contribution in [0.2, 0.25) is 0 Å². The van der Waals surface area contributed by atoms with Crippen molar-refractivity contribution in [2.24, 2.45) is 5.11 Å². The first-order valence-electron chi connectivity index (χ1n) is 7.73. The van der Waals surface area contributed by atoms with Crippen molar-refractivity contribution < 1.29 is 5.11 Å². The van der Waals surface area contributed by atoms with Gasteiger partial charge < -0.3 is 5.11 Å². The third kappa shape index (κ3) is 3.30. The summed E-state index contributed by atoms with van der Waals surface area (Å²) >= 11 is 6.69. The Labute approximate surface area is 135 Å². The SMILES string of the molecule is [N-]=[N+]=N[C@H](C[C@]1(O)C=C2CCC[C@@](Cl)(C2)C1)c1ccccc1. The molecule has 0 heterocycles. The fourth-order valence-corrected chi connectivity index (χ4v) is 4.44. The number of hydrogen-bond acceptors (Lipinski definition) is 2. The second kappa shape index (κ2) is 5.96. The number of alkyl halides is 1. The molecule has 2 bridgehead atoms. The van der Waals surface area contributed by atoms with E-state index in [0.717, 1.165) is 31.2 Å². The number of benzene rings is 1. The van der Waals surface area contributed by atoms with Crippen LogP contribution in [0.25, 0.3) is 10.4 Å². The van der Waals surface area contributed by atoms with Crippen LogP contribution >= 0.6 is 11.6 Å². The van der Waals surface area contributed by atoms with Gasteiger partial charge in [-0.3, -0.25) is 0 Å². The molecule has 4 nitrogen and oxygen atoms in total. The van der Waals surface area contributed by atoms with Crippen LogP contribution in [0.3, 0.4) is 0 Å². The van der Waals surface area contributed by atoms with Crippen molar-refractivity contribution >= 4 is 11.6 Å². The van der Waals surface area contributed by atoms with Gasteiger partial charge in [0.05, 0.1) is 16.5 Å². The van der Waals surface area contributed by atoms with E-state index < -0.39 is 5.60 Å². The molecule has 0 aliphatic heterocycles. The van der Waals surface area contributed by atoms with Gasteiger partial charge in [0.2, 0.25) is 0 Å². The molecule has 5 heteroatoms. The van der Waals surface area contributed by atoms with Gasteiger partial charge in [-0.15, -0.1) is 11.6 Å². The molecule has 0 saturated heterocycles. The van der Waals surface area contributed by atoms with Crippen molar-refractivity contribution in [3.05, 3.63) is 58.0 Å². The van der Waals surface area contributed by atoms with Crippen LogP contribution in [0.4, 0.5) is 0 Å². The highest BCUT2D eigenvalue weighted by Crippen LogP contribution is 2.49. The van der Waals surface area contributed by atoms with Gasteiger partial charge in [0.25, 0.3) is 0 Å². The fourth-order valence-electron chi connectivity index (χ4n) is 3.90. The molecule has 0 radical (unpaired) electrons. The Balaban J connectivity index is 1.88. The summed E-state index contributed by atoms with van der Waals surface area (Å²) in [6.07, 6.45) is 6.77. The number of hydrogen-bond donors (Lipinski definition) is 1. The van der Waals surface area contributed by atoms with E-state index in [9.17, 15) is 5.11 Å². The van der Waals surface area contributed by atoms with Crippen LogP contribution in [-0.2, 0) is 0 Å². The Morgan fingerprint density at radius 3 is 2.82 bits per heavy atom. The van der Waals surface area contributed by atoms with Crippen LogP contribution in [0.1, 0.15) is 50.1 Å². The first-order valence-corrected chi connectivity index (χ1v) is 8.11. The molecule has 0 unspecified atom stereocenters. The van der Waals surface area contributed by atoms with Gasteiger partial charge in [0.1, 0.15) is 0 Å². The maximum Gasteiger partial charge on any atom is 0.0854 e. The average Bonchev–Trinajstić information content (AvgIpc) is 2.46. The molecule has 1 aromatic carbocycles. The molecule has 22 heavy (non-hydrogen) atoms. The van der Waals surface area contributed by atoms with Crippen molar-refractivity contribution in [1.29, 1.82) is 0 Å². The van der Waals surface area contributed by atoms with Crippen LogP contribution in [0.5, 0.6) is 0 Å². The summed E-state index contributed by atoms with van der Waals surface area (Å²) in [4.78, 5) is 2.62.